The Morgan fingerprint density at radius 3 is 1.04 bits per heavy atom. The molecule has 130 valence electrons. The number of hydrogen-bond acceptors (Lipinski definition) is 0. The van der Waals surface area contributed by atoms with Crippen molar-refractivity contribution in [2.24, 2.45) is 5.41 Å². The van der Waals surface area contributed by atoms with E-state index in [-0.39, 0.29) is 17.8 Å². The topological polar surface area (TPSA) is 0 Å². The highest BCUT2D eigenvalue weighted by Gasteiger charge is 2.29. The van der Waals surface area contributed by atoms with Gasteiger partial charge < -0.3 is 0 Å². The molecule has 0 amide bonds. The van der Waals surface area contributed by atoms with Gasteiger partial charge in [-0.05, 0) is 47.5 Å². The van der Waals surface area contributed by atoms with Crippen LogP contribution in [0.1, 0.15) is 16.7 Å². The fourth-order valence-electron chi connectivity index (χ4n) is 3.49. The molecule has 2 heteroatoms. The maximum Gasteiger partial charge on any atom is -0.0142 e. The van der Waals surface area contributed by atoms with Crippen LogP contribution >= 0.6 is 21.6 Å². The zero-order valence-electron chi connectivity index (χ0n) is 14.5. The summed E-state index contributed by atoms with van der Waals surface area (Å²) in [6.45, 7) is 0. The molecular formula is C23H26ClP. The lowest BCUT2D eigenvalue weighted by atomic mass is 9.74. The minimum absolute atomic E-state index is 0. The first-order valence-corrected chi connectivity index (χ1v) is 9.43. The molecule has 25 heavy (non-hydrogen) atoms. The molecule has 0 aromatic heterocycles. The average molecular weight is 369 g/mol. The quantitative estimate of drug-likeness (QED) is 0.449. The second kappa shape index (κ2) is 9.76. The predicted molar refractivity (Wildman–Crippen MR) is 115 cm³/mol. The Morgan fingerprint density at radius 2 is 0.800 bits per heavy atom. The van der Waals surface area contributed by atoms with Gasteiger partial charge in [0.2, 0.25) is 0 Å². The summed E-state index contributed by atoms with van der Waals surface area (Å²) >= 11 is 0. The monoisotopic (exact) mass is 368 g/mol. The van der Waals surface area contributed by atoms with Crippen molar-refractivity contribution < 1.29 is 0 Å². The molecule has 0 saturated carbocycles. The van der Waals surface area contributed by atoms with Crippen LogP contribution in [0.4, 0.5) is 0 Å². The van der Waals surface area contributed by atoms with Crippen LogP contribution in [0.25, 0.3) is 0 Å². The van der Waals surface area contributed by atoms with Crippen molar-refractivity contribution in [3.8, 4) is 0 Å². The van der Waals surface area contributed by atoms with Gasteiger partial charge in [-0.15, -0.1) is 21.6 Å². The van der Waals surface area contributed by atoms with Gasteiger partial charge in [-0.1, -0.05) is 91.0 Å². The fourth-order valence-corrected chi connectivity index (χ4v) is 3.92. The Hall–Kier alpha value is -1.62. The van der Waals surface area contributed by atoms with Crippen molar-refractivity contribution in [1.82, 2.24) is 0 Å². The predicted octanol–water partition coefficient (Wildman–Crippen LogP) is 6.00. The Labute approximate surface area is 160 Å². The van der Waals surface area contributed by atoms with Crippen molar-refractivity contribution in [1.29, 1.82) is 0 Å². The van der Waals surface area contributed by atoms with Gasteiger partial charge in [0.05, 0.1) is 0 Å². The van der Waals surface area contributed by atoms with Crippen molar-refractivity contribution in [2.75, 3.05) is 6.16 Å². The van der Waals surface area contributed by atoms with Gasteiger partial charge in [-0.25, -0.2) is 0 Å². The molecule has 1 atom stereocenters. The summed E-state index contributed by atoms with van der Waals surface area (Å²) in [6.07, 6.45) is 4.38. The van der Waals surface area contributed by atoms with Gasteiger partial charge in [-0.3, -0.25) is 0 Å². The van der Waals surface area contributed by atoms with E-state index >= 15 is 0 Å². The maximum atomic E-state index is 3.01. The molecule has 0 fully saturated rings. The smallest absolute Gasteiger partial charge is 0.0142 e. The molecule has 0 bridgehead atoms. The molecule has 0 aliphatic heterocycles. The van der Waals surface area contributed by atoms with Crippen molar-refractivity contribution in [3.63, 3.8) is 0 Å². The molecule has 0 aliphatic rings. The summed E-state index contributed by atoms with van der Waals surface area (Å²) < 4.78 is 0. The van der Waals surface area contributed by atoms with Gasteiger partial charge in [0.25, 0.3) is 0 Å². The highest BCUT2D eigenvalue weighted by atomic mass is 35.5. The van der Waals surface area contributed by atoms with Crippen LogP contribution in [0.2, 0.25) is 0 Å². The second-order valence-corrected chi connectivity index (χ2v) is 7.10. The van der Waals surface area contributed by atoms with E-state index in [1.165, 1.54) is 16.7 Å². The normalized spacial score (nSPS) is 10.9. The van der Waals surface area contributed by atoms with Gasteiger partial charge >= 0.3 is 0 Å². The van der Waals surface area contributed by atoms with E-state index in [1.54, 1.807) is 0 Å². The molecule has 0 spiro atoms. The Bertz CT molecular complexity index is 624. The average Bonchev–Trinajstić information content (AvgIpc) is 2.64. The Balaban J connectivity index is 0.00000225. The molecule has 0 radical (unpaired) electrons. The van der Waals surface area contributed by atoms with E-state index in [1.807, 2.05) is 0 Å². The zero-order chi connectivity index (χ0) is 16.7. The van der Waals surface area contributed by atoms with Crippen LogP contribution in [0.15, 0.2) is 91.0 Å². The standard InChI is InChI=1S/C23H25P.ClH/c24-19-23(16-20-10-4-1-5-11-20,17-21-12-6-2-7-13-21)18-22-14-8-3-9-15-22;/h1-15H,16-19,24H2;1H. The number of benzene rings is 3. The highest BCUT2D eigenvalue weighted by molar-refractivity contribution is 7.16. The van der Waals surface area contributed by atoms with Crippen LogP contribution in [0, 0.1) is 5.41 Å². The molecule has 0 aliphatic carbocycles. The van der Waals surface area contributed by atoms with E-state index in [4.69, 9.17) is 0 Å². The first-order valence-electron chi connectivity index (χ1n) is 8.62. The first-order chi connectivity index (χ1) is 11.8. The summed E-state index contributed by atoms with van der Waals surface area (Å²) in [5, 5.41) is 0. The lowest BCUT2D eigenvalue weighted by molar-refractivity contribution is 0.324. The second-order valence-electron chi connectivity index (χ2n) is 6.69. The van der Waals surface area contributed by atoms with Gasteiger partial charge in [0, 0.05) is 0 Å². The highest BCUT2D eigenvalue weighted by Crippen LogP contribution is 2.34. The molecule has 0 N–H and O–H groups in total. The minimum atomic E-state index is 0. The molecular weight excluding hydrogens is 343 g/mol. The maximum absolute atomic E-state index is 3.01. The van der Waals surface area contributed by atoms with Crippen LogP contribution in [0.3, 0.4) is 0 Å². The Kier molecular flexibility index (Phi) is 7.69. The van der Waals surface area contributed by atoms with Crippen molar-refractivity contribution in [2.45, 2.75) is 19.3 Å². The molecule has 3 aromatic carbocycles. The third-order valence-corrected chi connectivity index (χ3v) is 5.56. The van der Waals surface area contributed by atoms with Gasteiger partial charge in [-0.2, -0.15) is 0 Å². The van der Waals surface area contributed by atoms with E-state index in [0.29, 0.717) is 0 Å². The summed E-state index contributed by atoms with van der Waals surface area (Å²) in [5.74, 6) is 0. The van der Waals surface area contributed by atoms with Gasteiger partial charge in [0.15, 0.2) is 0 Å². The van der Waals surface area contributed by atoms with Gasteiger partial charge in [0.1, 0.15) is 0 Å². The van der Waals surface area contributed by atoms with E-state index in [9.17, 15) is 0 Å². The SMILES string of the molecule is Cl.PCC(Cc1ccccc1)(Cc1ccccc1)Cc1ccccc1. The molecule has 0 nitrogen and oxygen atoms in total. The molecule has 0 saturated heterocycles. The lowest BCUT2D eigenvalue weighted by Gasteiger charge is -2.34. The number of halogens is 1. The number of rotatable bonds is 7. The molecule has 1 unspecified atom stereocenters. The fraction of sp³-hybridized carbons (Fsp3) is 0.217. The molecule has 3 rings (SSSR count). The lowest BCUT2D eigenvalue weighted by Crippen LogP contribution is -2.31. The van der Waals surface area contributed by atoms with E-state index in [2.05, 4.69) is 100 Å². The number of hydrogen-bond donors (Lipinski definition) is 0. The third-order valence-electron chi connectivity index (χ3n) is 4.70. The van der Waals surface area contributed by atoms with Crippen LogP contribution in [-0.2, 0) is 19.3 Å². The summed E-state index contributed by atoms with van der Waals surface area (Å²) in [4.78, 5) is 0. The van der Waals surface area contributed by atoms with Crippen molar-refractivity contribution in [3.05, 3.63) is 108 Å². The largest absolute Gasteiger partial charge is 0.147 e. The minimum Gasteiger partial charge on any atom is -0.147 e. The van der Waals surface area contributed by atoms with Crippen LogP contribution < -0.4 is 0 Å². The zero-order valence-corrected chi connectivity index (χ0v) is 16.4. The Morgan fingerprint density at radius 1 is 0.520 bits per heavy atom. The third kappa shape index (κ3) is 5.70. The first kappa shape index (κ1) is 19.7. The van der Waals surface area contributed by atoms with E-state index < -0.39 is 0 Å². The van der Waals surface area contributed by atoms with Crippen LogP contribution in [0.5, 0.6) is 0 Å². The summed E-state index contributed by atoms with van der Waals surface area (Å²) in [5.41, 5.74) is 4.49. The summed E-state index contributed by atoms with van der Waals surface area (Å²) in [7, 11) is 3.01. The van der Waals surface area contributed by atoms with Crippen LogP contribution in [-0.4, -0.2) is 6.16 Å². The van der Waals surface area contributed by atoms with Crippen molar-refractivity contribution >= 4 is 21.6 Å². The summed E-state index contributed by atoms with van der Waals surface area (Å²) in [6, 6.07) is 32.7. The molecule has 0 heterocycles. The molecule has 3 aromatic rings. The van der Waals surface area contributed by atoms with E-state index in [0.717, 1.165) is 25.4 Å².